The van der Waals surface area contributed by atoms with Crippen molar-refractivity contribution in [1.82, 2.24) is 0 Å². The first-order valence-corrected chi connectivity index (χ1v) is 6.58. The molecule has 2 nitrogen and oxygen atoms in total. The lowest BCUT2D eigenvalue weighted by atomic mass is 10.0. The number of aryl methyl sites for hydroxylation is 1. The molecule has 1 radical (unpaired) electrons. The van der Waals surface area contributed by atoms with Crippen molar-refractivity contribution in [2.45, 2.75) is 44.9 Å². The van der Waals surface area contributed by atoms with E-state index in [2.05, 4.69) is 12.1 Å². The van der Waals surface area contributed by atoms with Gasteiger partial charge in [0.05, 0.1) is 13.7 Å². The van der Waals surface area contributed by atoms with E-state index in [-0.39, 0.29) is 6.61 Å². The van der Waals surface area contributed by atoms with Gasteiger partial charge < -0.3 is 4.74 Å². The van der Waals surface area contributed by atoms with Crippen LogP contribution in [0.5, 0.6) is 5.75 Å². The van der Waals surface area contributed by atoms with Crippen molar-refractivity contribution in [3.05, 3.63) is 29.8 Å². The standard InChI is InChI=1S/C15H23O2/c1-17-15-11-9-14(10-12-15)8-6-4-2-3-5-7-13-16/h9-12H,2-8,13H2,1H3. The lowest BCUT2D eigenvalue weighted by Crippen LogP contribution is -1.88. The number of methoxy groups -OCH3 is 1. The summed E-state index contributed by atoms with van der Waals surface area (Å²) in [5, 5.41) is 10.2. The summed E-state index contributed by atoms with van der Waals surface area (Å²) in [6, 6.07) is 8.31. The minimum absolute atomic E-state index is 0.0891. The molecule has 0 aliphatic carbocycles. The normalized spacial score (nSPS) is 10.5. The summed E-state index contributed by atoms with van der Waals surface area (Å²) in [4.78, 5) is 0. The van der Waals surface area contributed by atoms with E-state index >= 15 is 0 Å². The topological polar surface area (TPSA) is 29.1 Å². The Hall–Kier alpha value is -1.02. The maximum Gasteiger partial charge on any atom is 0.118 e. The van der Waals surface area contributed by atoms with E-state index in [9.17, 15) is 5.11 Å². The fourth-order valence-electron chi connectivity index (χ4n) is 1.93. The van der Waals surface area contributed by atoms with E-state index < -0.39 is 0 Å². The molecular weight excluding hydrogens is 212 g/mol. The highest BCUT2D eigenvalue weighted by atomic mass is 16.5. The number of benzene rings is 1. The molecule has 0 aliphatic heterocycles. The summed E-state index contributed by atoms with van der Waals surface area (Å²) in [7, 11) is 1.69. The van der Waals surface area contributed by atoms with E-state index in [1.54, 1.807) is 7.11 Å². The zero-order valence-corrected chi connectivity index (χ0v) is 10.8. The van der Waals surface area contributed by atoms with Crippen molar-refractivity contribution in [3.63, 3.8) is 0 Å². The van der Waals surface area contributed by atoms with Crippen LogP contribution in [-0.2, 0) is 11.5 Å². The van der Waals surface area contributed by atoms with Crippen molar-refractivity contribution >= 4 is 0 Å². The third-order valence-electron chi connectivity index (χ3n) is 3.02. The second-order valence-electron chi connectivity index (χ2n) is 4.42. The number of rotatable bonds is 9. The van der Waals surface area contributed by atoms with Crippen LogP contribution in [0, 0.1) is 0 Å². The number of ether oxygens (including phenoxy) is 1. The van der Waals surface area contributed by atoms with Gasteiger partial charge in [-0.1, -0.05) is 37.8 Å². The highest BCUT2D eigenvalue weighted by molar-refractivity contribution is 5.27. The average molecular weight is 235 g/mol. The fourth-order valence-corrected chi connectivity index (χ4v) is 1.93. The van der Waals surface area contributed by atoms with E-state index in [1.165, 1.54) is 31.2 Å². The quantitative estimate of drug-likeness (QED) is 0.595. The molecule has 2 heteroatoms. The maximum atomic E-state index is 10.2. The molecule has 0 heterocycles. The Balaban J connectivity index is 2.05. The third kappa shape index (κ3) is 6.32. The monoisotopic (exact) mass is 235 g/mol. The van der Waals surface area contributed by atoms with Gasteiger partial charge in [-0.25, -0.2) is 5.11 Å². The Kier molecular flexibility index (Phi) is 7.48. The van der Waals surface area contributed by atoms with Crippen LogP contribution in [0.15, 0.2) is 24.3 Å². The van der Waals surface area contributed by atoms with Crippen molar-refractivity contribution in [3.8, 4) is 5.75 Å². The lowest BCUT2D eigenvalue weighted by molar-refractivity contribution is 0.186. The summed E-state index contributed by atoms with van der Waals surface area (Å²) in [5.41, 5.74) is 1.38. The Bertz CT molecular complexity index is 279. The van der Waals surface area contributed by atoms with Crippen LogP contribution in [0.4, 0.5) is 0 Å². The van der Waals surface area contributed by atoms with Crippen LogP contribution in [0.25, 0.3) is 0 Å². The molecule has 0 aromatic heterocycles. The molecule has 0 saturated carbocycles. The molecule has 0 N–H and O–H groups in total. The number of hydrogen-bond acceptors (Lipinski definition) is 1. The maximum absolute atomic E-state index is 10.2. The van der Waals surface area contributed by atoms with Gasteiger partial charge in [-0.3, -0.25) is 0 Å². The van der Waals surface area contributed by atoms with E-state index in [0.717, 1.165) is 25.0 Å². The molecule has 0 spiro atoms. The summed E-state index contributed by atoms with van der Waals surface area (Å²) >= 11 is 0. The van der Waals surface area contributed by atoms with Crippen LogP contribution in [0.3, 0.4) is 0 Å². The molecule has 0 atom stereocenters. The number of hydrogen-bond donors (Lipinski definition) is 0. The molecule has 0 unspecified atom stereocenters. The minimum atomic E-state index is 0.0891. The Labute approximate surface area is 105 Å². The Morgan fingerprint density at radius 2 is 1.47 bits per heavy atom. The van der Waals surface area contributed by atoms with E-state index in [4.69, 9.17) is 4.74 Å². The van der Waals surface area contributed by atoms with Gasteiger partial charge in [0, 0.05) is 0 Å². The molecule has 0 bridgehead atoms. The zero-order chi connectivity index (χ0) is 12.3. The minimum Gasteiger partial charge on any atom is -0.497 e. The predicted octanol–water partition coefficient (Wildman–Crippen LogP) is 4.01. The molecule has 0 fully saturated rings. The van der Waals surface area contributed by atoms with Crippen molar-refractivity contribution in [2.24, 2.45) is 0 Å². The van der Waals surface area contributed by atoms with Crippen LogP contribution >= 0.6 is 0 Å². The molecule has 0 aliphatic rings. The predicted molar refractivity (Wildman–Crippen MR) is 70.0 cm³/mol. The highest BCUT2D eigenvalue weighted by Gasteiger charge is 1.95. The van der Waals surface area contributed by atoms with Crippen molar-refractivity contribution in [2.75, 3.05) is 13.7 Å². The van der Waals surface area contributed by atoms with Gasteiger partial charge in [0.25, 0.3) is 0 Å². The van der Waals surface area contributed by atoms with Gasteiger partial charge in [-0.05, 0) is 37.0 Å². The molecule has 1 rings (SSSR count). The van der Waals surface area contributed by atoms with Gasteiger partial charge >= 0.3 is 0 Å². The van der Waals surface area contributed by atoms with Gasteiger partial charge in [0.2, 0.25) is 0 Å². The molecule has 17 heavy (non-hydrogen) atoms. The van der Waals surface area contributed by atoms with Crippen molar-refractivity contribution < 1.29 is 9.84 Å². The summed E-state index contributed by atoms with van der Waals surface area (Å²) < 4.78 is 5.12. The fraction of sp³-hybridized carbons (Fsp3) is 0.600. The highest BCUT2D eigenvalue weighted by Crippen LogP contribution is 2.14. The molecular formula is C15H23O2. The van der Waals surface area contributed by atoms with Gasteiger partial charge in [0.15, 0.2) is 0 Å². The molecule has 0 saturated heterocycles. The van der Waals surface area contributed by atoms with Crippen LogP contribution in [0.1, 0.15) is 44.1 Å². The largest absolute Gasteiger partial charge is 0.497 e. The zero-order valence-electron chi connectivity index (χ0n) is 10.8. The van der Waals surface area contributed by atoms with E-state index in [1.807, 2.05) is 12.1 Å². The van der Waals surface area contributed by atoms with Gasteiger partial charge in [0.1, 0.15) is 5.75 Å². The second kappa shape index (κ2) is 9.06. The Morgan fingerprint density at radius 3 is 2.06 bits per heavy atom. The first kappa shape index (κ1) is 14.0. The first-order chi connectivity index (χ1) is 8.36. The molecule has 1 aromatic carbocycles. The molecule has 0 amide bonds. The van der Waals surface area contributed by atoms with Gasteiger partial charge in [-0.15, -0.1) is 0 Å². The summed E-state index contributed by atoms with van der Waals surface area (Å²) in [6.07, 6.45) is 8.08. The van der Waals surface area contributed by atoms with Gasteiger partial charge in [-0.2, -0.15) is 0 Å². The first-order valence-electron chi connectivity index (χ1n) is 6.58. The smallest absolute Gasteiger partial charge is 0.118 e. The SMILES string of the molecule is COc1ccc(CCCCCCCC[O])cc1. The van der Waals surface area contributed by atoms with Crippen LogP contribution in [0.2, 0.25) is 0 Å². The van der Waals surface area contributed by atoms with Crippen LogP contribution < -0.4 is 4.74 Å². The third-order valence-corrected chi connectivity index (χ3v) is 3.02. The summed E-state index contributed by atoms with van der Waals surface area (Å²) in [5.74, 6) is 0.923. The van der Waals surface area contributed by atoms with Crippen LogP contribution in [-0.4, -0.2) is 13.7 Å². The number of unbranched alkanes of at least 4 members (excludes halogenated alkanes) is 5. The Morgan fingerprint density at radius 1 is 0.882 bits per heavy atom. The lowest BCUT2D eigenvalue weighted by Gasteiger charge is -2.03. The second-order valence-corrected chi connectivity index (χ2v) is 4.42. The summed E-state index contributed by atoms with van der Waals surface area (Å²) in [6.45, 7) is 0.0891. The van der Waals surface area contributed by atoms with E-state index in [0.29, 0.717) is 0 Å². The van der Waals surface area contributed by atoms with Crippen molar-refractivity contribution in [1.29, 1.82) is 0 Å². The molecule has 95 valence electrons. The average Bonchev–Trinajstić information content (AvgIpc) is 2.38. The molecule has 1 aromatic rings.